The van der Waals surface area contributed by atoms with Crippen LogP contribution in [0.2, 0.25) is 0 Å². The zero-order valence-corrected chi connectivity index (χ0v) is 10.4. The van der Waals surface area contributed by atoms with Gasteiger partial charge in [0.1, 0.15) is 12.4 Å². The van der Waals surface area contributed by atoms with Crippen molar-refractivity contribution in [3.63, 3.8) is 0 Å². The minimum absolute atomic E-state index is 0.0166. The molecule has 0 fully saturated rings. The number of rotatable bonds is 4. The van der Waals surface area contributed by atoms with E-state index in [9.17, 15) is 14.2 Å². The zero-order valence-electron chi connectivity index (χ0n) is 9.62. The van der Waals surface area contributed by atoms with Crippen LogP contribution < -0.4 is 9.80 Å². The van der Waals surface area contributed by atoms with Gasteiger partial charge in [0.15, 0.2) is 0 Å². The number of hydrogen-bond acceptors (Lipinski definition) is 4. The van der Waals surface area contributed by atoms with Crippen molar-refractivity contribution in [2.24, 2.45) is 0 Å². The van der Waals surface area contributed by atoms with Crippen molar-refractivity contribution in [2.75, 3.05) is 11.7 Å². The number of carbonyl (C=O) groups is 1. The maximum absolute atomic E-state index is 11.2. The number of ether oxygens (including phenoxy) is 1. The van der Waals surface area contributed by atoms with E-state index in [2.05, 4.69) is 11.8 Å². The van der Waals surface area contributed by atoms with Crippen LogP contribution >= 0.6 is 0 Å². The summed E-state index contributed by atoms with van der Waals surface area (Å²) in [7, 11) is 0. The van der Waals surface area contributed by atoms with Crippen molar-refractivity contribution in [1.82, 2.24) is 0 Å². The molecule has 0 spiro atoms. The molecule has 0 unspecified atom stereocenters. The lowest BCUT2D eigenvalue weighted by Gasteiger charge is -2.12. The van der Waals surface area contributed by atoms with Gasteiger partial charge in [-0.1, -0.05) is 5.92 Å². The van der Waals surface area contributed by atoms with E-state index in [1.807, 2.05) is 0 Å². The lowest BCUT2D eigenvalue weighted by molar-refractivity contribution is -0.116. The molecule has 0 aliphatic rings. The lowest BCUT2D eigenvalue weighted by Crippen LogP contribution is -2.27. The van der Waals surface area contributed by atoms with E-state index in [1.165, 1.54) is 12.1 Å². The first-order valence-electron chi connectivity index (χ1n) is 4.96. The highest BCUT2D eigenvalue weighted by Crippen LogP contribution is 2.18. The predicted octanol–water partition coefficient (Wildman–Crippen LogP) is 0.826. The Bertz CT molecular complexity index is 523. The van der Waals surface area contributed by atoms with Gasteiger partial charge < -0.3 is 4.74 Å². The number of amides is 1. The Morgan fingerprint density at radius 1 is 1.50 bits per heavy atom. The van der Waals surface area contributed by atoms with Gasteiger partial charge in [0.2, 0.25) is 0 Å². The first kappa shape index (κ1) is 14.0. The normalized spacial score (nSPS) is 8.78. The van der Waals surface area contributed by atoms with Crippen LogP contribution in [-0.2, 0) is 16.1 Å². The molecule has 1 rings (SSSR count). The van der Waals surface area contributed by atoms with Crippen LogP contribution in [0.5, 0.6) is 5.75 Å². The summed E-state index contributed by atoms with van der Waals surface area (Å²) in [6, 6.07) is 6.17. The van der Waals surface area contributed by atoms with Crippen molar-refractivity contribution in [3.8, 4) is 17.6 Å². The maximum Gasteiger partial charge on any atom is 0.287 e. The van der Waals surface area contributed by atoms with E-state index in [4.69, 9.17) is 4.74 Å². The fraction of sp³-hybridized carbons (Fsp3) is 0.167. The summed E-state index contributed by atoms with van der Waals surface area (Å²) in [6.07, 6.45) is 0. The molecule has 0 saturated carbocycles. The second-order valence-electron chi connectivity index (χ2n) is 3.07. The Labute approximate surface area is 108 Å². The van der Waals surface area contributed by atoms with Gasteiger partial charge >= 0.3 is 0 Å². The molecule has 0 atom stereocenters. The molecular weight excluding hydrogens is 254 g/mol. The minimum Gasteiger partial charge on any atom is -0.481 e. The highest BCUT2D eigenvalue weighted by atomic mass is 32.1. The van der Waals surface area contributed by atoms with Gasteiger partial charge in [0, 0.05) is 0 Å². The van der Waals surface area contributed by atoms with Crippen LogP contribution in [-0.4, -0.2) is 27.3 Å². The van der Waals surface area contributed by atoms with Crippen LogP contribution in [0.25, 0.3) is 0 Å². The Morgan fingerprint density at radius 2 is 2.17 bits per heavy atom. The molecule has 0 aromatic heterocycles. The Balaban J connectivity index is 2.72. The summed E-state index contributed by atoms with van der Waals surface area (Å²) < 4.78 is 15.4. The van der Waals surface area contributed by atoms with Crippen LogP contribution in [0.4, 0.5) is 5.69 Å². The van der Waals surface area contributed by atoms with Gasteiger partial charge in [0.05, 0.1) is 22.3 Å². The zero-order chi connectivity index (χ0) is 13.4. The van der Waals surface area contributed by atoms with Gasteiger partial charge in [0.25, 0.3) is 5.91 Å². The molecule has 0 aliphatic carbocycles. The monoisotopic (exact) mass is 265 g/mol. The first-order chi connectivity index (χ1) is 8.69. The van der Waals surface area contributed by atoms with Crippen molar-refractivity contribution in [1.29, 1.82) is 0 Å². The van der Waals surface area contributed by atoms with Crippen LogP contribution in [0.15, 0.2) is 24.3 Å². The SMILES string of the molecule is CC#CCOc1ccc(N(O)C(=O)C=S=O)cc1. The maximum atomic E-state index is 11.2. The van der Waals surface area contributed by atoms with E-state index in [0.29, 0.717) is 10.8 Å². The molecule has 94 valence electrons. The number of nitrogens with zero attached hydrogens (tertiary/aromatic N) is 1. The number of carbonyl (C=O) groups excluding carboxylic acids is 1. The summed E-state index contributed by atoms with van der Waals surface area (Å²) in [5.74, 6) is 5.22. The molecule has 5 nitrogen and oxygen atoms in total. The van der Waals surface area contributed by atoms with Gasteiger partial charge in [-0.05, 0) is 31.2 Å². The van der Waals surface area contributed by atoms with Gasteiger partial charge in [-0.15, -0.1) is 5.92 Å². The standard InChI is InChI=1S/C12H11NO4S/c1-2-3-8-17-11-6-4-10(5-7-11)13(15)12(14)9-18-16/h4-7,9,15H,8H2,1H3. The molecule has 0 heterocycles. The molecule has 0 aliphatic heterocycles. The molecule has 18 heavy (non-hydrogen) atoms. The molecule has 0 bridgehead atoms. The van der Waals surface area contributed by atoms with Crippen LogP contribution in [0.1, 0.15) is 6.92 Å². The van der Waals surface area contributed by atoms with Crippen LogP contribution in [0.3, 0.4) is 0 Å². The second-order valence-corrected chi connectivity index (χ2v) is 3.50. The topological polar surface area (TPSA) is 66.8 Å². The fourth-order valence-corrected chi connectivity index (χ4v) is 1.28. The quantitative estimate of drug-likeness (QED) is 0.379. The molecule has 0 radical (unpaired) electrons. The smallest absolute Gasteiger partial charge is 0.287 e. The van der Waals surface area contributed by atoms with E-state index >= 15 is 0 Å². The molecule has 0 saturated heterocycles. The third kappa shape index (κ3) is 4.05. The molecule has 6 heteroatoms. The van der Waals surface area contributed by atoms with Gasteiger partial charge in [-0.2, -0.15) is 5.06 Å². The first-order valence-corrected chi connectivity index (χ1v) is 5.76. The summed E-state index contributed by atoms with van der Waals surface area (Å²) >= 11 is -0.0166. The molecule has 1 aromatic carbocycles. The Hall–Kier alpha value is -2.10. The minimum atomic E-state index is -0.791. The molecular formula is C12H11NO4S. The second kappa shape index (κ2) is 7.27. The van der Waals surface area contributed by atoms with Gasteiger partial charge in [-0.3, -0.25) is 10.0 Å². The van der Waals surface area contributed by atoms with Gasteiger partial charge in [-0.25, -0.2) is 4.21 Å². The summed E-state index contributed by atoms with van der Waals surface area (Å²) in [5.41, 5.74) is 0.249. The average molecular weight is 265 g/mol. The largest absolute Gasteiger partial charge is 0.481 e. The third-order valence-electron chi connectivity index (χ3n) is 1.93. The number of hydrogen-bond donors (Lipinski definition) is 1. The van der Waals surface area contributed by atoms with Crippen molar-refractivity contribution in [2.45, 2.75) is 6.92 Å². The number of benzene rings is 1. The Morgan fingerprint density at radius 3 is 2.72 bits per heavy atom. The van der Waals surface area contributed by atoms with E-state index in [0.717, 1.165) is 5.37 Å². The Kier molecular flexibility index (Phi) is 5.64. The summed E-state index contributed by atoms with van der Waals surface area (Å²) in [4.78, 5) is 11.2. The van der Waals surface area contributed by atoms with Crippen molar-refractivity contribution in [3.05, 3.63) is 24.3 Å². The third-order valence-corrected chi connectivity index (χ3v) is 2.22. The molecule has 1 aromatic rings. The summed E-state index contributed by atoms with van der Waals surface area (Å²) in [6.45, 7) is 1.99. The molecule has 1 amide bonds. The lowest BCUT2D eigenvalue weighted by atomic mass is 10.3. The predicted molar refractivity (Wildman–Crippen MR) is 68.9 cm³/mol. The van der Waals surface area contributed by atoms with E-state index < -0.39 is 5.91 Å². The van der Waals surface area contributed by atoms with E-state index in [-0.39, 0.29) is 23.5 Å². The average Bonchev–Trinajstić information content (AvgIpc) is 2.39. The fourth-order valence-electron chi connectivity index (χ4n) is 1.09. The van der Waals surface area contributed by atoms with Crippen molar-refractivity contribution >= 4 is 28.2 Å². The van der Waals surface area contributed by atoms with E-state index in [1.54, 1.807) is 19.1 Å². The highest BCUT2D eigenvalue weighted by Gasteiger charge is 2.10. The number of anilines is 1. The molecule has 1 N–H and O–H groups in total. The van der Waals surface area contributed by atoms with Crippen molar-refractivity contribution < 1.29 is 18.9 Å². The summed E-state index contributed by atoms with van der Waals surface area (Å²) in [5, 5.41) is 10.6. The number of hydroxylamine groups is 1. The van der Waals surface area contributed by atoms with Crippen LogP contribution in [0, 0.1) is 11.8 Å². The highest BCUT2D eigenvalue weighted by molar-refractivity contribution is 7.66.